The van der Waals surface area contributed by atoms with Gasteiger partial charge >= 0.3 is 0 Å². The van der Waals surface area contributed by atoms with Crippen molar-refractivity contribution in [2.45, 2.75) is 6.10 Å². The van der Waals surface area contributed by atoms with Crippen molar-refractivity contribution in [2.75, 3.05) is 69.4 Å². The fraction of sp³-hybridized carbons (Fsp3) is 0.435. The molecule has 0 aliphatic carbocycles. The van der Waals surface area contributed by atoms with Crippen LogP contribution in [0.2, 0.25) is 0 Å². The summed E-state index contributed by atoms with van der Waals surface area (Å²) in [5.74, 6) is -0.0591. The Balaban J connectivity index is 1.55. The summed E-state index contributed by atoms with van der Waals surface area (Å²) in [7, 11) is 0. The molecule has 160 valence electrons. The van der Waals surface area contributed by atoms with Gasteiger partial charge in [0, 0.05) is 43.1 Å². The van der Waals surface area contributed by atoms with Gasteiger partial charge in [-0.2, -0.15) is 0 Å². The molecule has 2 aliphatic heterocycles. The molecule has 7 nitrogen and oxygen atoms in total. The number of carbonyl (C=O) groups is 1. The monoisotopic (exact) mass is 411 g/mol. The molecule has 7 heteroatoms. The maximum Gasteiger partial charge on any atom is 0.238 e. The fourth-order valence-electron chi connectivity index (χ4n) is 3.92. The first kappa shape index (κ1) is 20.8. The molecular formula is C23H29N3O4. The third-order valence-corrected chi connectivity index (χ3v) is 5.54. The van der Waals surface area contributed by atoms with Crippen LogP contribution in [0.15, 0.2) is 48.5 Å². The van der Waals surface area contributed by atoms with Crippen LogP contribution in [0.1, 0.15) is 17.2 Å². The zero-order valence-corrected chi connectivity index (χ0v) is 17.1. The number of aliphatic hydroxyl groups excluding tert-OH is 1. The predicted molar refractivity (Wildman–Crippen MR) is 116 cm³/mol. The van der Waals surface area contributed by atoms with Crippen molar-refractivity contribution in [1.29, 1.82) is 0 Å². The normalized spacial score (nSPS) is 18.8. The predicted octanol–water partition coefficient (Wildman–Crippen LogP) is 1.88. The van der Waals surface area contributed by atoms with E-state index in [1.807, 2.05) is 48.5 Å². The Kier molecular flexibility index (Phi) is 6.96. The van der Waals surface area contributed by atoms with Crippen LogP contribution in [0.4, 0.5) is 11.4 Å². The van der Waals surface area contributed by atoms with Crippen LogP contribution in [-0.4, -0.2) is 75.1 Å². The molecule has 30 heavy (non-hydrogen) atoms. The van der Waals surface area contributed by atoms with Gasteiger partial charge in [-0.25, -0.2) is 0 Å². The van der Waals surface area contributed by atoms with E-state index in [4.69, 9.17) is 9.47 Å². The van der Waals surface area contributed by atoms with Crippen LogP contribution in [0.25, 0.3) is 0 Å². The fourth-order valence-corrected chi connectivity index (χ4v) is 3.92. The van der Waals surface area contributed by atoms with Gasteiger partial charge in [0.15, 0.2) is 0 Å². The topological polar surface area (TPSA) is 74.3 Å². The molecule has 0 bridgehead atoms. The minimum absolute atomic E-state index is 0.0591. The summed E-state index contributed by atoms with van der Waals surface area (Å²) in [5, 5.41) is 14.1. The first-order valence-corrected chi connectivity index (χ1v) is 10.5. The van der Waals surface area contributed by atoms with E-state index in [2.05, 4.69) is 15.1 Å². The third-order valence-electron chi connectivity index (χ3n) is 5.54. The Morgan fingerprint density at radius 1 is 0.967 bits per heavy atom. The molecule has 2 saturated heterocycles. The Labute approximate surface area is 177 Å². The van der Waals surface area contributed by atoms with E-state index < -0.39 is 6.10 Å². The van der Waals surface area contributed by atoms with E-state index in [1.165, 1.54) is 0 Å². The molecule has 0 aromatic heterocycles. The van der Waals surface area contributed by atoms with Crippen molar-refractivity contribution in [3.63, 3.8) is 0 Å². The number of carbonyl (C=O) groups excluding carboxylic acids is 1. The van der Waals surface area contributed by atoms with Crippen molar-refractivity contribution in [3.05, 3.63) is 59.7 Å². The molecule has 0 saturated carbocycles. The second-order valence-corrected chi connectivity index (χ2v) is 7.62. The van der Waals surface area contributed by atoms with Gasteiger partial charge in [0.2, 0.25) is 5.91 Å². The maximum absolute atomic E-state index is 12.5. The maximum atomic E-state index is 12.5. The second kappa shape index (κ2) is 10.0. The van der Waals surface area contributed by atoms with Crippen LogP contribution >= 0.6 is 0 Å². The highest BCUT2D eigenvalue weighted by Gasteiger charge is 2.22. The van der Waals surface area contributed by atoms with E-state index in [0.29, 0.717) is 38.7 Å². The number of amides is 1. The van der Waals surface area contributed by atoms with Gasteiger partial charge in [-0.3, -0.25) is 9.69 Å². The Morgan fingerprint density at radius 2 is 1.63 bits per heavy atom. The number of morpholine rings is 2. The lowest BCUT2D eigenvalue weighted by molar-refractivity contribution is -0.118. The van der Waals surface area contributed by atoms with Crippen molar-refractivity contribution >= 4 is 17.3 Å². The minimum atomic E-state index is -0.778. The number of nitrogens with one attached hydrogen (secondary N) is 1. The Morgan fingerprint density at radius 3 is 2.33 bits per heavy atom. The van der Waals surface area contributed by atoms with Gasteiger partial charge in [-0.05, 0) is 23.8 Å². The first-order valence-electron chi connectivity index (χ1n) is 10.5. The summed E-state index contributed by atoms with van der Waals surface area (Å²) in [5.41, 5.74) is 3.27. The highest BCUT2D eigenvalue weighted by molar-refractivity contribution is 5.92. The van der Waals surface area contributed by atoms with Crippen LogP contribution in [-0.2, 0) is 14.3 Å². The van der Waals surface area contributed by atoms with Crippen molar-refractivity contribution < 1.29 is 19.4 Å². The number of rotatable bonds is 6. The van der Waals surface area contributed by atoms with E-state index in [-0.39, 0.29) is 5.91 Å². The van der Waals surface area contributed by atoms with E-state index in [9.17, 15) is 9.90 Å². The second-order valence-electron chi connectivity index (χ2n) is 7.62. The minimum Gasteiger partial charge on any atom is -0.384 e. The third kappa shape index (κ3) is 5.17. The van der Waals surface area contributed by atoms with Gasteiger partial charge < -0.3 is 24.8 Å². The van der Waals surface area contributed by atoms with Crippen molar-refractivity contribution in [2.24, 2.45) is 0 Å². The summed E-state index contributed by atoms with van der Waals surface area (Å²) in [6.07, 6.45) is -0.778. The van der Waals surface area contributed by atoms with Crippen molar-refractivity contribution in [3.8, 4) is 0 Å². The summed E-state index contributed by atoms with van der Waals surface area (Å²) >= 11 is 0. The smallest absolute Gasteiger partial charge is 0.238 e. The molecule has 2 N–H and O–H groups in total. The van der Waals surface area contributed by atoms with Gasteiger partial charge in [0.05, 0.1) is 33.0 Å². The number of ether oxygens (including phenoxy) is 2. The molecule has 1 unspecified atom stereocenters. The Hall–Kier alpha value is -2.45. The van der Waals surface area contributed by atoms with Gasteiger partial charge in [0.1, 0.15) is 6.10 Å². The lowest BCUT2D eigenvalue weighted by Gasteiger charge is -2.32. The molecule has 2 fully saturated rings. The molecule has 2 aromatic rings. The van der Waals surface area contributed by atoms with Crippen LogP contribution < -0.4 is 10.2 Å². The first-order chi connectivity index (χ1) is 14.7. The number of aliphatic hydroxyl groups is 1. The molecule has 1 amide bonds. The summed E-state index contributed by atoms with van der Waals surface area (Å²) in [6, 6.07) is 15.4. The molecule has 1 atom stereocenters. The van der Waals surface area contributed by atoms with Crippen LogP contribution in [0.3, 0.4) is 0 Å². The lowest BCUT2D eigenvalue weighted by Crippen LogP contribution is -2.41. The molecule has 2 aromatic carbocycles. The number of benzene rings is 2. The number of anilines is 2. The largest absolute Gasteiger partial charge is 0.384 e. The quantitative estimate of drug-likeness (QED) is 0.756. The summed E-state index contributed by atoms with van der Waals surface area (Å²) in [4.78, 5) is 16.8. The highest BCUT2D eigenvalue weighted by atomic mass is 16.5. The van der Waals surface area contributed by atoms with Crippen LogP contribution in [0.5, 0.6) is 0 Å². The zero-order valence-electron chi connectivity index (χ0n) is 17.1. The summed E-state index contributed by atoms with van der Waals surface area (Å²) in [6.45, 7) is 6.07. The van der Waals surface area contributed by atoms with Gasteiger partial charge in [-0.1, -0.05) is 30.3 Å². The number of hydrogen-bond acceptors (Lipinski definition) is 6. The molecule has 4 rings (SSSR count). The number of nitrogens with zero attached hydrogens (tertiary/aromatic N) is 2. The Bertz CT molecular complexity index is 834. The van der Waals surface area contributed by atoms with E-state index in [1.54, 1.807) is 0 Å². The lowest BCUT2D eigenvalue weighted by atomic mass is 9.98. The average Bonchev–Trinajstić information content (AvgIpc) is 2.80. The molecular weight excluding hydrogens is 382 g/mol. The highest BCUT2D eigenvalue weighted by Crippen LogP contribution is 2.33. The molecule has 2 heterocycles. The summed E-state index contributed by atoms with van der Waals surface area (Å²) < 4.78 is 10.8. The standard InChI is InChI=1S/C23H29N3O4/c27-22(17-25-8-12-29-13-9-25)24-19-6-7-21(26-10-14-30-15-11-26)20(16-19)23(28)18-4-2-1-3-5-18/h1-7,16,23,28H,8-15,17H2,(H,24,27). The number of hydrogen-bond donors (Lipinski definition) is 2. The zero-order chi connectivity index (χ0) is 20.8. The molecule has 2 aliphatic rings. The van der Waals surface area contributed by atoms with Gasteiger partial charge in [0.25, 0.3) is 0 Å². The van der Waals surface area contributed by atoms with Crippen molar-refractivity contribution in [1.82, 2.24) is 4.90 Å². The molecule has 0 radical (unpaired) electrons. The SMILES string of the molecule is O=C(CN1CCOCC1)Nc1ccc(N2CCOCC2)c(C(O)c2ccccc2)c1. The van der Waals surface area contributed by atoms with E-state index >= 15 is 0 Å². The van der Waals surface area contributed by atoms with E-state index in [0.717, 1.165) is 43.0 Å². The van der Waals surface area contributed by atoms with Gasteiger partial charge in [-0.15, -0.1) is 0 Å². The van der Waals surface area contributed by atoms with Crippen LogP contribution in [0, 0.1) is 0 Å². The average molecular weight is 412 g/mol. The molecule has 0 spiro atoms.